The molecule has 0 N–H and O–H groups in total. The minimum absolute atomic E-state index is 0. The number of likely N-dealkylation sites (tertiary alicyclic amines) is 1. The minimum atomic E-state index is -0.0330. The van der Waals surface area contributed by atoms with E-state index in [0.29, 0.717) is 13.2 Å². The molecule has 0 amide bonds. The van der Waals surface area contributed by atoms with Gasteiger partial charge in [0.05, 0.1) is 12.5 Å². The quantitative estimate of drug-likeness (QED) is 0.713. The molecule has 0 unspecified atom stereocenters. The van der Waals surface area contributed by atoms with E-state index in [2.05, 4.69) is 24.0 Å². The van der Waals surface area contributed by atoms with Gasteiger partial charge in [-0.25, -0.2) is 0 Å². The minimum Gasteiger partial charge on any atom is -0.492 e. The number of carbonyl (C=O) groups excluding carboxylic acids is 1. The van der Waals surface area contributed by atoms with E-state index in [1.807, 2.05) is 19.1 Å². The predicted molar refractivity (Wildman–Crippen MR) is 94.4 cm³/mol. The van der Waals surface area contributed by atoms with Crippen molar-refractivity contribution in [2.24, 2.45) is 5.92 Å². The van der Waals surface area contributed by atoms with E-state index in [1.54, 1.807) is 0 Å². The normalized spacial score (nSPS) is 15.7. The maximum atomic E-state index is 11.7. The molecule has 0 aromatic heterocycles. The summed E-state index contributed by atoms with van der Waals surface area (Å²) in [6, 6.07) is 8.29. The molecule has 5 heteroatoms. The maximum Gasteiger partial charge on any atom is 0.309 e. The molecule has 0 spiro atoms. The molecule has 1 saturated heterocycles. The van der Waals surface area contributed by atoms with Crippen molar-refractivity contribution in [1.82, 2.24) is 4.90 Å². The number of nitrogens with zero attached hydrogens (tertiary/aromatic N) is 1. The lowest BCUT2D eigenvalue weighted by molar-refractivity contribution is -0.149. The molecule has 1 aromatic carbocycles. The van der Waals surface area contributed by atoms with Crippen molar-refractivity contribution in [2.75, 3.05) is 32.8 Å². The first-order valence-electron chi connectivity index (χ1n) is 8.33. The van der Waals surface area contributed by atoms with Crippen molar-refractivity contribution in [3.63, 3.8) is 0 Å². The topological polar surface area (TPSA) is 38.8 Å². The van der Waals surface area contributed by atoms with Gasteiger partial charge in [0, 0.05) is 6.54 Å². The third-order valence-electron chi connectivity index (χ3n) is 4.22. The number of rotatable bonds is 7. The van der Waals surface area contributed by atoms with Crippen molar-refractivity contribution in [2.45, 2.75) is 33.1 Å². The second kappa shape index (κ2) is 10.5. The number of halogens is 1. The SMILES string of the molecule is CCOC(=O)C1CCN(CCOc2ccc(CC)cc2)CC1.Cl. The van der Waals surface area contributed by atoms with Crippen LogP contribution in [-0.4, -0.2) is 43.7 Å². The number of benzene rings is 1. The van der Waals surface area contributed by atoms with Crippen LogP contribution in [0, 0.1) is 5.92 Å². The van der Waals surface area contributed by atoms with Crippen LogP contribution in [0.2, 0.25) is 0 Å². The molecule has 0 atom stereocenters. The van der Waals surface area contributed by atoms with Crippen molar-refractivity contribution in [3.05, 3.63) is 29.8 Å². The van der Waals surface area contributed by atoms with Crippen LogP contribution in [0.3, 0.4) is 0 Å². The molecule has 0 bridgehead atoms. The van der Waals surface area contributed by atoms with Crippen LogP contribution < -0.4 is 4.74 Å². The van der Waals surface area contributed by atoms with E-state index in [-0.39, 0.29) is 24.3 Å². The average Bonchev–Trinajstić information content (AvgIpc) is 2.56. The fraction of sp³-hybridized carbons (Fsp3) is 0.611. The van der Waals surface area contributed by atoms with Crippen LogP contribution >= 0.6 is 12.4 Å². The Kier molecular flexibility index (Phi) is 9.03. The van der Waals surface area contributed by atoms with Crippen molar-refractivity contribution >= 4 is 18.4 Å². The van der Waals surface area contributed by atoms with Crippen LogP contribution in [0.1, 0.15) is 32.3 Å². The highest BCUT2D eigenvalue weighted by Crippen LogP contribution is 2.18. The lowest BCUT2D eigenvalue weighted by atomic mass is 9.97. The molecular formula is C18H28ClNO3. The van der Waals surface area contributed by atoms with Gasteiger partial charge in [-0.2, -0.15) is 0 Å². The van der Waals surface area contributed by atoms with E-state index in [0.717, 1.165) is 44.6 Å². The summed E-state index contributed by atoms with van der Waals surface area (Å²) >= 11 is 0. The van der Waals surface area contributed by atoms with Gasteiger partial charge >= 0.3 is 5.97 Å². The van der Waals surface area contributed by atoms with Gasteiger partial charge in [0.1, 0.15) is 12.4 Å². The second-order valence-corrected chi connectivity index (χ2v) is 5.71. The monoisotopic (exact) mass is 341 g/mol. The van der Waals surface area contributed by atoms with Gasteiger partial charge in [-0.05, 0) is 57.0 Å². The van der Waals surface area contributed by atoms with Crippen LogP contribution in [0.5, 0.6) is 5.75 Å². The lowest BCUT2D eigenvalue weighted by Crippen LogP contribution is -2.39. The van der Waals surface area contributed by atoms with Crippen LogP contribution in [0.4, 0.5) is 0 Å². The second-order valence-electron chi connectivity index (χ2n) is 5.71. The molecule has 2 rings (SSSR count). The zero-order chi connectivity index (χ0) is 15.8. The first kappa shape index (κ1) is 19.8. The number of piperidine rings is 1. The van der Waals surface area contributed by atoms with Gasteiger partial charge in [-0.15, -0.1) is 12.4 Å². The smallest absolute Gasteiger partial charge is 0.309 e. The molecule has 0 aliphatic carbocycles. The molecule has 4 nitrogen and oxygen atoms in total. The van der Waals surface area contributed by atoms with Gasteiger partial charge in [0.2, 0.25) is 0 Å². The molecule has 1 heterocycles. The predicted octanol–water partition coefficient (Wildman–Crippen LogP) is 3.32. The van der Waals surface area contributed by atoms with Crippen molar-refractivity contribution in [3.8, 4) is 5.75 Å². The summed E-state index contributed by atoms with van der Waals surface area (Å²) in [5, 5.41) is 0. The summed E-state index contributed by atoms with van der Waals surface area (Å²) in [5.74, 6) is 0.978. The Hall–Kier alpha value is -1.26. The number of hydrogen-bond donors (Lipinski definition) is 0. The summed E-state index contributed by atoms with van der Waals surface area (Å²) in [7, 11) is 0. The molecule has 1 aliphatic heterocycles. The number of aryl methyl sites for hydroxylation is 1. The van der Waals surface area contributed by atoms with Crippen molar-refractivity contribution < 1.29 is 14.3 Å². The highest BCUT2D eigenvalue weighted by molar-refractivity contribution is 5.85. The Morgan fingerprint density at radius 2 is 1.83 bits per heavy atom. The number of esters is 1. The first-order chi connectivity index (χ1) is 10.7. The van der Waals surface area contributed by atoms with Gasteiger partial charge in [-0.1, -0.05) is 19.1 Å². The number of ether oxygens (including phenoxy) is 2. The maximum absolute atomic E-state index is 11.7. The summed E-state index contributed by atoms with van der Waals surface area (Å²) in [6.07, 6.45) is 2.84. The third-order valence-corrected chi connectivity index (χ3v) is 4.22. The molecule has 0 radical (unpaired) electrons. The summed E-state index contributed by atoms with van der Waals surface area (Å²) in [4.78, 5) is 14.0. The summed E-state index contributed by atoms with van der Waals surface area (Å²) < 4.78 is 10.9. The van der Waals surface area contributed by atoms with E-state index in [1.165, 1.54) is 5.56 Å². The zero-order valence-electron chi connectivity index (χ0n) is 14.1. The summed E-state index contributed by atoms with van der Waals surface area (Å²) in [6.45, 7) is 7.97. The molecule has 23 heavy (non-hydrogen) atoms. The van der Waals surface area contributed by atoms with Gasteiger partial charge in [0.25, 0.3) is 0 Å². The Balaban J connectivity index is 0.00000264. The fourth-order valence-electron chi connectivity index (χ4n) is 2.77. The Morgan fingerprint density at radius 3 is 2.39 bits per heavy atom. The Morgan fingerprint density at radius 1 is 1.17 bits per heavy atom. The molecular weight excluding hydrogens is 314 g/mol. The van der Waals surface area contributed by atoms with Gasteiger partial charge in [0.15, 0.2) is 0 Å². The molecule has 130 valence electrons. The van der Waals surface area contributed by atoms with Gasteiger partial charge < -0.3 is 9.47 Å². The molecule has 1 fully saturated rings. The van der Waals surface area contributed by atoms with E-state index < -0.39 is 0 Å². The Labute approximate surface area is 145 Å². The van der Waals surface area contributed by atoms with Crippen molar-refractivity contribution in [1.29, 1.82) is 0 Å². The molecule has 1 aliphatic rings. The van der Waals surface area contributed by atoms with Crippen LogP contribution in [0.15, 0.2) is 24.3 Å². The Bertz CT molecular complexity index is 456. The third kappa shape index (κ3) is 6.40. The first-order valence-corrected chi connectivity index (χ1v) is 8.33. The highest BCUT2D eigenvalue weighted by atomic mass is 35.5. The molecule has 1 aromatic rings. The largest absolute Gasteiger partial charge is 0.492 e. The van der Waals surface area contributed by atoms with Gasteiger partial charge in [-0.3, -0.25) is 9.69 Å². The highest BCUT2D eigenvalue weighted by Gasteiger charge is 2.25. The molecule has 0 saturated carbocycles. The average molecular weight is 342 g/mol. The fourth-order valence-corrected chi connectivity index (χ4v) is 2.77. The number of hydrogen-bond acceptors (Lipinski definition) is 4. The van der Waals surface area contributed by atoms with E-state index in [9.17, 15) is 4.79 Å². The standard InChI is InChI=1S/C18H27NO3.ClH/c1-3-15-5-7-17(8-6-15)22-14-13-19-11-9-16(10-12-19)18(20)21-4-2;/h5-8,16H,3-4,9-14H2,1-2H3;1H. The zero-order valence-corrected chi connectivity index (χ0v) is 14.9. The van der Waals surface area contributed by atoms with Crippen LogP contribution in [-0.2, 0) is 16.0 Å². The van der Waals surface area contributed by atoms with E-state index >= 15 is 0 Å². The van der Waals surface area contributed by atoms with Crippen LogP contribution in [0.25, 0.3) is 0 Å². The summed E-state index contributed by atoms with van der Waals surface area (Å²) in [5.41, 5.74) is 1.33. The lowest BCUT2D eigenvalue weighted by Gasteiger charge is -2.30. The number of carbonyl (C=O) groups is 1. The van der Waals surface area contributed by atoms with E-state index in [4.69, 9.17) is 9.47 Å².